The van der Waals surface area contributed by atoms with Crippen molar-refractivity contribution < 1.29 is 8.42 Å². The molecule has 3 heteroatoms. The van der Waals surface area contributed by atoms with Gasteiger partial charge < -0.3 is 0 Å². The van der Waals surface area contributed by atoms with Gasteiger partial charge >= 0.3 is 0 Å². The second kappa shape index (κ2) is 5.57. The van der Waals surface area contributed by atoms with Gasteiger partial charge in [-0.25, -0.2) is 8.42 Å². The summed E-state index contributed by atoms with van der Waals surface area (Å²) in [5.41, 5.74) is 0. The summed E-state index contributed by atoms with van der Waals surface area (Å²) >= 11 is 0. The van der Waals surface area contributed by atoms with Crippen LogP contribution in [0.4, 0.5) is 0 Å². The molecular formula is C17H22O2S. The van der Waals surface area contributed by atoms with Crippen molar-refractivity contribution in [1.82, 2.24) is 0 Å². The van der Waals surface area contributed by atoms with E-state index in [1.54, 1.807) is 6.07 Å². The van der Waals surface area contributed by atoms with Gasteiger partial charge in [-0.3, -0.25) is 0 Å². The predicted octanol–water partition coefficient (Wildman–Crippen LogP) is 4.58. The van der Waals surface area contributed by atoms with Crippen molar-refractivity contribution in [3.05, 3.63) is 42.5 Å². The molecule has 0 aliphatic heterocycles. The molecule has 0 saturated heterocycles. The summed E-state index contributed by atoms with van der Waals surface area (Å²) in [5, 5.41) is 1.80. The Labute approximate surface area is 121 Å². The van der Waals surface area contributed by atoms with E-state index in [0.29, 0.717) is 17.7 Å². The molecule has 0 saturated carbocycles. The SMILES string of the molecule is CCCC(C)(CC)S(=O)(=O)c1cccc2ccccc12. The van der Waals surface area contributed by atoms with E-state index < -0.39 is 14.6 Å². The standard InChI is InChI=1S/C17H22O2S/c1-4-13-17(3,5-2)20(18,19)16-12-8-10-14-9-6-7-11-15(14)16/h6-12H,4-5,13H2,1-3H3. The highest BCUT2D eigenvalue weighted by molar-refractivity contribution is 7.93. The summed E-state index contributed by atoms with van der Waals surface area (Å²) in [5.74, 6) is 0. The molecule has 0 radical (unpaired) electrons. The van der Waals surface area contributed by atoms with Crippen LogP contribution in [0.2, 0.25) is 0 Å². The molecule has 0 amide bonds. The molecule has 0 aromatic heterocycles. The van der Waals surface area contributed by atoms with Crippen LogP contribution in [0.3, 0.4) is 0 Å². The van der Waals surface area contributed by atoms with Crippen molar-refractivity contribution in [2.45, 2.75) is 49.7 Å². The van der Waals surface area contributed by atoms with Gasteiger partial charge in [-0.1, -0.05) is 56.7 Å². The Kier molecular flexibility index (Phi) is 4.19. The van der Waals surface area contributed by atoms with Crippen LogP contribution in [0.15, 0.2) is 47.4 Å². The minimum Gasteiger partial charge on any atom is -0.223 e. The normalized spacial score (nSPS) is 15.2. The molecule has 2 aromatic rings. The Bertz CT molecular complexity index is 699. The molecule has 0 bridgehead atoms. The molecular weight excluding hydrogens is 268 g/mol. The average Bonchev–Trinajstić information content (AvgIpc) is 2.46. The lowest BCUT2D eigenvalue weighted by Crippen LogP contribution is -2.34. The quantitative estimate of drug-likeness (QED) is 0.807. The van der Waals surface area contributed by atoms with Crippen molar-refractivity contribution >= 4 is 20.6 Å². The first-order valence-corrected chi connectivity index (χ1v) is 8.67. The average molecular weight is 290 g/mol. The van der Waals surface area contributed by atoms with E-state index in [0.717, 1.165) is 17.2 Å². The van der Waals surface area contributed by atoms with E-state index >= 15 is 0 Å². The van der Waals surface area contributed by atoms with E-state index in [9.17, 15) is 8.42 Å². The fourth-order valence-electron chi connectivity index (χ4n) is 2.73. The lowest BCUT2D eigenvalue weighted by Gasteiger charge is -2.28. The fourth-order valence-corrected chi connectivity index (χ4v) is 4.84. The zero-order chi connectivity index (χ0) is 14.8. The van der Waals surface area contributed by atoms with Gasteiger partial charge in [0.25, 0.3) is 0 Å². The third-order valence-corrected chi connectivity index (χ3v) is 6.94. The molecule has 0 aliphatic rings. The van der Waals surface area contributed by atoms with Crippen molar-refractivity contribution in [2.75, 3.05) is 0 Å². The van der Waals surface area contributed by atoms with Crippen LogP contribution in [0.1, 0.15) is 40.0 Å². The van der Waals surface area contributed by atoms with E-state index in [1.165, 1.54) is 0 Å². The predicted molar refractivity (Wildman–Crippen MR) is 84.7 cm³/mol. The largest absolute Gasteiger partial charge is 0.223 e. The maximum Gasteiger partial charge on any atom is 0.184 e. The Morgan fingerprint density at radius 3 is 2.30 bits per heavy atom. The van der Waals surface area contributed by atoms with Gasteiger partial charge in [0, 0.05) is 5.39 Å². The van der Waals surface area contributed by atoms with Crippen LogP contribution in [0.5, 0.6) is 0 Å². The molecule has 20 heavy (non-hydrogen) atoms. The Morgan fingerprint density at radius 2 is 1.65 bits per heavy atom. The van der Waals surface area contributed by atoms with E-state index in [2.05, 4.69) is 0 Å². The zero-order valence-corrected chi connectivity index (χ0v) is 13.2. The first-order valence-electron chi connectivity index (χ1n) is 7.18. The van der Waals surface area contributed by atoms with Gasteiger partial charge in [-0.2, -0.15) is 0 Å². The molecule has 0 N–H and O–H groups in total. The number of rotatable bonds is 5. The summed E-state index contributed by atoms with van der Waals surface area (Å²) in [4.78, 5) is 0.466. The topological polar surface area (TPSA) is 34.1 Å². The molecule has 0 aliphatic carbocycles. The smallest absolute Gasteiger partial charge is 0.184 e. The maximum absolute atomic E-state index is 13.1. The molecule has 0 spiro atoms. The van der Waals surface area contributed by atoms with E-state index in [1.807, 2.05) is 57.2 Å². The lowest BCUT2D eigenvalue weighted by atomic mass is 10.0. The highest BCUT2D eigenvalue weighted by Gasteiger charge is 2.38. The Hall–Kier alpha value is -1.35. The van der Waals surface area contributed by atoms with Crippen molar-refractivity contribution in [2.24, 2.45) is 0 Å². The molecule has 1 atom stereocenters. The van der Waals surface area contributed by atoms with E-state index in [-0.39, 0.29) is 0 Å². The van der Waals surface area contributed by atoms with Crippen molar-refractivity contribution in [3.63, 3.8) is 0 Å². The van der Waals surface area contributed by atoms with Crippen LogP contribution in [0.25, 0.3) is 10.8 Å². The van der Waals surface area contributed by atoms with Gasteiger partial charge in [0.2, 0.25) is 0 Å². The number of fused-ring (bicyclic) bond motifs is 1. The lowest BCUT2D eigenvalue weighted by molar-refractivity contribution is 0.489. The Morgan fingerprint density at radius 1 is 1.00 bits per heavy atom. The summed E-state index contributed by atoms with van der Waals surface area (Å²) in [6.07, 6.45) is 2.19. The van der Waals surface area contributed by atoms with Crippen LogP contribution < -0.4 is 0 Å². The summed E-state index contributed by atoms with van der Waals surface area (Å²) < 4.78 is 25.5. The van der Waals surface area contributed by atoms with Crippen LogP contribution in [-0.2, 0) is 9.84 Å². The van der Waals surface area contributed by atoms with E-state index in [4.69, 9.17) is 0 Å². The zero-order valence-electron chi connectivity index (χ0n) is 12.4. The van der Waals surface area contributed by atoms with Crippen LogP contribution in [0, 0.1) is 0 Å². The van der Waals surface area contributed by atoms with Crippen molar-refractivity contribution in [1.29, 1.82) is 0 Å². The molecule has 2 rings (SSSR count). The molecule has 2 aromatic carbocycles. The molecule has 0 heterocycles. The third kappa shape index (κ3) is 2.35. The molecule has 1 unspecified atom stereocenters. The van der Waals surface area contributed by atoms with Gasteiger partial charge in [0.1, 0.15) is 0 Å². The fraction of sp³-hybridized carbons (Fsp3) is 0.412. The summed E-state index contributed by atoms with van der Waals surface area (Å²) in [6.45, 7) is 5.86. The summed E-state index contributed by atoms with van der Waals surface area (Å²) in [6, 6.07) is 13.2. The highest BCUT2D eigenvalue weighted by atomic mass is 32.2. The second-order valence-corrected chi connectivity index (χ2v) is 7.97. The minimum absolute atomic E-state index is 0.466. The van der Waals surface area contributed by atoms with Gasteiger partial charge in [0.05, 0.1) is 9.64 Å². The number of benzene rings is 2. The Balaban J connectivity index is 2.69. The van der Waals surface area contributed by atoms with Gasteiger partial charge in [0.15, 0.2) is 9.84 Å². The highest BCUT2D eigenvalue weighted by Crippen LogP contribution is 2.36. The summed E-state index contributed by atoms with van der Waals surface area (Å²) in [7, 11) is -3.34. The first kappa shape index (κ1) is 15.0. The molecule has 108 valence electrons. The van der Waals surface area contributed by atoms with Crippen LogP contribution in [-0.4, -0.2) is 13.2 Å². The van der Waals surface area contributed by atoms with Gasteiger partial charge in [-0.15, -0.1) is 0 Å². The number of sulfone groups is 1. The number of hydrogen-bond donors (Lipinski definition) is 0. The van der Waals surface area contributed by atoms with Crippen molar-refractivity contribution in [3.8, 4) is 0 Å². The molecule has 0 fully saturated rings. The number of hydrogen-bond acceptors (Lipinski definition) is 2. The monoisotopic (exact) mass is 290 g/mol. The maximum atomic E-state index is 13.1. The second-order valence-electron chi connectivity index (χ2n) is 5.53. The minimum atomic E-state index is -3.34. The first-order chi connectivity index (χ1) is 9.46. The van der Waals surface area contributed by atoms with Crippen LogP contribution >= 0.6 is 0 Å². The molecule has 2 nitrogen and oxygen atoms in total. The third-order valence-electron chi connectivity index (χ3n) is 4.21. The van der Waals surface area contributed by atoms with Gasteiger partial charge in [-0.05, 0) is 31.2 Å².